The van der Waals surface area contributed by atoms with Crippen LogP contribution in [0.25, 0.3) is 84.3 Å². The van der Waals surface area contributed by atoms with Crippen LogP contribution in [0, 0.1) is 0 Å². The van der Waals surface area contributed by atoms with Crippen molar-refractivity contribution in [2.45, 2.75) is 12.0 Å². The van der Waals surface area contributed by atoms with Gasteiger partial charge in [0.25, 0.3) is 0 Å². The van der Waals surface area contributed by atoms with Crippen LogP contribution in [-0.4, -0.2) is 21.0 Å². The summed E-state index contributed by atoms with van der Waals surface area (Å²) >= 11 is 0. The van der Waals surface area contributed by atoms with Crippen LogP contribution in [0.4, 0.5) is 11.4 Å². The summed E-state index contributed by atoms with van der Waals surface area (Å²) in [4.78, 5) is 18.0. The predicted octanol–water partition coefficient (Wildman–Crippen LogP) is 12.9. The van der Waals surface area contributed by atoms with E-state index in [2.05, 4.69) is 157 Å². The first-order chi connectivity index (χ1) is 28.2. The normalized spacial score (nSPS) is 15.6. The van der Waals surface area contributed by atoms with Crippen molar-refractivity contribution in [1.82, 2.24) is 15.0 Å². The Morgan fingerprint density at radius 1 is 0.474 bits per heavy atom. The van der Waals surface area contributed by atoms with Gasteiger partial charge in [-0.25, -0.2) is 15.0 Å². The zero-order chi connectivity index (χ0) is 37.5. The maximum absolute atomic E-state index is 6.88. The zero-order valence-electron chi connectivity index (χ0n) is 30.6. The van der Waals surface area contributed by atoms with Gasteiger partial charge in [-0.1, -0.05) is 127 Å². The minimum Gasteiger partial charge on any atom is -0.456 e. The first-order valence-electron chi connectivity index (χ1n) is 19.3. The molecule has 0 saturated carbocycles. The number of para-hydroxylation sites is 4. The molecule has 4 heterocycles. The van der Waals surface area contributed by atoms with E-state index in [4.69, 9.17) is 23.8 Å². The molecule has 6 heteroatoms. The molecule has 2 atom stereocenters. The van der Waals surface area contributed by atoms with Gasteiger partial charge >= 0.3 is 0 Å². The lowest BCUT2D eigenvalue weighted by Gasteiger charge is -2.30. The Morgan fingerprint density at radius 2 is 1.14 bits per heavy atom. The second kappa shape index (κ2) is 12.5. The van der Waals surface area contributed by atoms with Crippen LogP contribution in [0.5, 0.6) is 0 Å². The summed E-state index contributed by atoms with van der Waals surface area (Å²) in [5.41, 5.74) is 12.0. The average molecular weight is 733 g/mol. The molecule has 7 aromatic carbocycles. The Kier molecular flexibility index (Phi) is 6.95. The molecular formula is C51H32N4O2. The number of rotatable bonds is 5. The molecule has 0 spiro atoms. The molecule has 10 aromatic rings. The highest BCUT2D eigenvalue weighted by Gasteiger charge is 2.43. The maximum Gasteiger partial charge on any atom is 0.167 e. The number of anilines is 2. The van der Waals surface area contributed by atoms with Crippen molar-refractivity contribution < 1.29 is 8.83 Å². The van der Waals surface area contributed by atoms with Gasteiger partial charge in [0.15, 0.2) is 17.5 Å². The monoisotopic (exact) mass is 732 g/mol. The van der Waals surface area contributed by atoms with Crippen LogP contribution >= 0.6 is 0 Å². The Hall–Kier alpha value is -7.57. The van der Waals surface area contributed by atoms with Crippen LogP contribution in [0.3, 0.4) is 0 Å². The molecule has 0 radical (unpaired) electrons. The van der Waals surface area contributed by atoms with Crippen molar-refractivity contribution in [3.05, 3.63) is 193 Å². The topological polar surface area (TPSA) is 68.2 Å². The number of benzene rings is 7. The minimum atomic E-state index is 0.0821. The second-order valence-electron chi connectivity index (χ2n) is 14.7. The van der Waals surface area contributed by atoms with Gasteiger partial charge in [0.05, 0.1) is 11.6 Å². The van der Waals surface area contributed by atoms with E-state index in [9.17, 15) is 0 Å². The molecule has 57 heavy (non-hydrogen) atoms. The van der Waals surface area contributed by atoms with E-state index in [1.54, 1.807) is 0 Å². The fourth-order valence-corrected chi connectivity index (χ4v) is 8.94. The fraction of sp³-hybridized carbons (Fsp3) is 0.0392. The van der Waals surface area contributed by atoms with E-state index >= 15 is 0 Å². The lowest BCUT2D eigenvalue weighted by molar-refractivity contribution is 0.584. The largest absolute Gasteiger partial charge is 0.456 e. The quantitative estimate of drug-likeness (QED) is 0.175. The highest BCUT2D eigenvalue weighted by Crippen LogP contribution is 2.54. The van der Waals surface area contributed by atoms with Crippen LogP contribution < -0.4 is 4.90 Å². The van der Waals surface area contributed by atoms with Gasteiger partial charge < -0.3 is 13.7 Å². The smallest absolute Gasteiger partial charge is 0.167 e. The standard InChI is InChI=1S/C51H32N4O2/c1-3-13-31(14-4-1)32-15-11-16-33(29-32)49-52-50(34-25-26-37-36-19-8-10-24-43(36)56-45(37)30-34)54-51(53-49)40-22-12-21-39-47-44(57-48(39)40)28-27-42-46(47)38-20-7-9-23-41(38)55(42)35-17-5-2-6-18-35/h1-30,42,46H. The molecule has 3 aromatic heterocycles. The van der Waals surface area contributed by atoms with Crippen LogP contribution in [0.2, 0.25) is 0 Å². The third kappa shape index (κ3) is 5.00. The summed E-state index contributed by atoms with van der Waals surface area (Å²) in [5.74, 6) is 2.62. The molecule has 12 rings (SSSR count). The SMILES string of the molecule is C1=CC2C(c3ccccc3N2c2ccccc2)c2c1oc1c(-c3nc(-c4cccc(-c5ccccc5)c4)nc(-c4ccc5c(c4)oc4ccccc45)n3)cccc21. The number of furan rings is 2. The summed E-state index contributed by atoms with van der Waals surface area (Å²) < 4.78 is 13.2. The van der Waals surface area contributed by atoms with Gasteiger partial charge in [-0.15, -0.1) is 0 Å². The molecule has 0 saturated heterocycles. The summed E-state index contributed by atoms with van der Waals surface area (Å²) in [5, 5.41) is 3.19. The fourth-order valence-electron chi connectivity index (χ4n) is 8.94. The molecule has 268 valence electrons. The van der Waals surface area contributed by atoms with E-state index in [0.29, 0.717) is 17.5 Å². The second-order valence-corrected chi connectivity index (χ2v) is 14.7. The third-order valence-corrected chi connectivity index (χ3v) is 11.5. The minimum absolute atomic E-state index is 0.0821. The maximum atomic E-state index is 6.88. The van der Waals surface area contributed by atoms with Gasteiger partial charge in [-0.2, -0.15) is 0 Å². The number of hydrogen-bond donors (Lipinski definition) is 0. The average Bonchev–Trinajstić information content (AvgIpc) is 3.96. The lowest BCUT2D eigenvalue weighted by atomic mass is 9.82. The first kappa shape index (κ1) is 31.7. The van der Waals surface area contributed by atoms with Gasteiger partial charge in [-0.3, -0.25) is 0 Å². The van der Waals surface area contributed by atoms with Crippen molar-refractivity contribution in [2.75, 3.05) is 4.90 Å². The molecule has 0 amide bonds. The molecule has 1 aliphatic carbocycles. The Labute approximate surface area is 328 Å². The highest BCUT2D eigenvalue weighted by atomic mass is 16.3. The van der Waals surface area contributed by atoms with Gasteiger partial charge in [-0.05, 0) is 71.3 Å². The molecule has 1 aliphatic heterocycles. The molecule has 0 bridgehead atoms. The number of aromatic nitrogens is 3. The molecule has 0 N–H and O–H groups in total. The van der Waals surface area contributed by atoms with Crippen LogP contribution in [0.1, 0.15) is 22.8 Å². The Bertz CT molecular complexity index is 3220. The van der Waals surface area contributed by atoms with E-state index in [-0.39, 0.29) is 12.0 Å². The number of nitrogens with zero attached hydrogens (tertiary/aromatic N) is 4. The van der Waals surface area contributed by atoms with Crippen LogP contribution in [-0.2, 0) is 0 Å². The van der Waals surface area contributed by atoms with Gasteiger partial charge in [0.1, 0.15) is 22.5 Å². The molecular weight excluding hydrogens is 701 g/mol. The lowest BCUT2D eigenvalue weighted by Crippen LogP contribution is -2.30. The molecule has 2 aliphatic rings. The Balaban J connectivity index is 1.04. The van der Waals surface area contributed by atoms with E-state index in [1.165, 1.54) is 22.5 Å². The molecule has 6 nitrogen and oxygen atoms in total. The van der Waals surface area contributed by atoms with Crippen LogP contribution in [0.15, 0.2) is 185 Å². The third-order valence-electron chi connectivity index (χ3n) is 11.5. The van der Waals surface area contributed by atoms with Crippen molar-refractivity contribution in [3.63, 3.8) is 0 Å². The summed E-state index contributed by atoms with van der Waals surface area (Å²) in [7, 11) is 0. The van der Waals surface area contributed by atoms with Crippen molar-refractivity contribution in [3.8, 4) is 45.3 Å². The summed E-state index contributed by atoms with van der Waals surface area (Å²) in [6.45, 7) is 0. The molecule has 0 fully saturated rings. The van der Waals surface area contributed by atoms with E-state index in [1.807, 2.05) is 30.3 Å². The number of hydrogen-bond acceptors (Lipinski definition) is 6. The number of fused-ring (bicyclic) bond motifs is 10. The summed E-state index contributed by atoms with van der Waals surface area (Å²) in [6.07, 6.45) is 4.43. The van der Waals surface area contributed by atoms with Gasteiger partial charge in [0, 0.05) is 50.1 Å². The summed E-state index contributed by atoms with van der Waals surface area (Å²) in [6, 6.07) is 58.9. The Morgan fingerprint density at radius 3 is 2.02 bits per heavy atom. The van der Waals surface area contributed by atoms with Crippen molar-refractivity contribution in [2.24, 2.45) is 0 Å². The highest BCUT2D eigenvalue weighted by molar-refractivity contribution is 6.06. The van der Waals surface area contributed by atoms with Crippen molar-refractivity contribution >= 4 is 50.4 Å². The first-order valence-corrected chi connectivity index (χ1v) is 19.3. The van der Waals surface area contributed by atoms with E-state index in [0.717, 1.165) is 66.5 Å². The van der Waals surface area contributed by atoms with E-state index < -0.39 is 0 Å². The predicted molar refractivity (Wildman–Crippen MR) is 228 cm³/mol. The van der Waals surface area contributed by atoms with Gasteiger partial charge in [0.2, 0.25) is 0 Å². The van der Waals surface area contributed by atoms with Crippen molar-refractivity contribution in [1.29, 1.82) is 0 Å². The zero-order valence-corrected chi connectivity index (χ0v) is 30.6. The molecule has 2 unspecified atom stereocenters.